The average Bonchev–Trinajstić information content (AvgIpc) is 3.71. The number of anilines is 1. The largest absolute Gasteiger partial charge is 0.473 e. The number of fused-ring (bicyclic) bond motifs is 4. The van der Waals surface area contributed by atoms with E-state index in [9.17, 15) is 5.26 Å². The monoisotopic (exact) mass is 613 g/mol. The maximum absolute atomic E-state index is 10.1. The number of nitrogen functional groups attached to an aromatic ring is 1. The molecule has 1 aromatic carbocycles. The molecule has 2 spiro atoms. The van der Waals surface area contributed by atoms with E-state index < -0.39 is 5.41 Å². The van der Waals surface area contributed by atoms with Gasteiger partial charge in [-0.1, -0.05) is 11.2 Å². The fourth-order valence-corrected chi connectivity index (χ4v) is 8.39. The molecule has 236 valence electrons. The van der Waals surface area contributed by atoms with E-state index in [4.69, 9.17) is 39.2 Å². The first-order chi connectivity index (χ1) is 21.9. The summed E-state index contributed by atoms with van der Waals surface area (Å²) >= 11 is 0. The summed E-state index contributed by atoms with van der Waals surface area (Å²) in [6.45, 7) is 4.92. The summed E-state index contributed by atoms with van der Waals surface area (Å²) < 4.78 is 30.5. The van der Waals surface area contributed by atoms with Gasteiger partial charge in [0, 0.05) is 31.5 Å². The maximum atomic E-state index is 10.1. The first-order valence-electron chi connectivity index (χ1n) is 16.0. The molecule has 12 heteroatoms. The van der Waals surface area contributed by atoms with Gasteiger partial charge in [-0.25, -0.2) is 0 Å². The Bertz CT molecular complexity index is 1680. The van der Waals surface area contributed by atoms with Crippen molar-refractivity contribution in [2.45, 2.75) is 80.8 Å². The van der Waals surface area contributed by atoms with E-state index in [0.717, 1.165) is 67.5 Å². The van der Waals surface area contributed by atoms with Gasteiger partial charge in [0.05, 0.1) is 42.4 Å². The minimum atomic E-state index is -0.451. The molecule has 5 heterocycles. The van der Waals surface area contributed by atoms with E-state index in [0.29, 0.717) is 54.3 Å². The zero-order valence-electron chi connectivity index (χ0n) is 26.0. The Balaban J connectivity index is 1.18. The first kappa shape index (κ1) is 28.7. The maximum Gasteiger partial charge on any atom is 0.221 e. The Labute approximate surface area is 262 Å². The Morgan fingerprint density at radius 1 is 1.20 bits per heavy atom. The number of benzene rings is 1. The number of hydrogen-bond acceptors (Lipinski definition) is 12. The van der Waals surface area contributed by atoms with Crippen molar-refractivity contribution in [2.75, 3.05) is 46.2 Å². The van der Waals surface area contributed by atoms with Crippen LogP contribution in [0.1, 0.15) is 60.6 Å². The molecule has 3 aromatic rings. The van der Waals surface area contributed by atoms with Crippen molar-refractivity contribution in [2.24, 2.45) is 0 Å². The highest BCUT2D eigenvalue weighted by Gasteiger charge is 2.54. The number of nitrogens with one attached hydrogen (secondary N) is 1. The highest BCUT2D eigenvalue weighted by molar-refractivity contribution is 5.68. The minimum absolute atomic E-state index is 0.0712. The van der Waals surface area contributed by atoms with Crippen LogP contribution >= 0.6 is 0 Å². The summed E-state index contributed by atoms with van der Waals surface area (Å²) in [4.78, 5) is 12.0. The van der Waals surface area contributed by atoms with E-state index in [1.807, 2.05) is 12.1 Å². The summed E-state index contributed by atoms with van der Waals surface area (Å²) in [5.41, 5.74) is 10.4. The molecule has 45 heavy (non-hydrogen) atoms. The summed E-state index contributed by atoms with van der Waals surface area (Å²) in [5.74, 6) is 2.03. The molecule has 8 rings (SSSR count). The quantitative estimate of drug-likeness (QED) is 0.377. The number of aromatic nitrogens is 3. The lowest BCUT2D eigenvalue weighted by atomic mass is 9.68. The molecule has 5 unspecified atom stereocenters. The Morgan fingerprint density at radius 3 is 2.78 bits per heavy atom. The van der Waals surface area contributed by atoms with Crippen LogP contribution in [0, 0.1) is 11.3 Å². The van der Waals surface area contributed by atoms with E-state index >= 15 is 0 Å². The number of aryl methyl sites for hydroxylation is 1. The van der Waals surface area contributed by atoms with E-state index in [1.54, 1.807) is 13.2 Å². The predicted octanol–water partition coefficient (Wildman–Crippen LogP) is 2.76. The SMILES string of the molecule is COC1CCN(C)C1C(C)Oc1cc(OC2CNC23COC3)nc(-c2noc3c2CCCC32CCc3ccc(N)c(C#N)c32)n1. The second kappa shape index (κ2) is 10.7. The smallest absolute Gasteiger partial charge is 0.221 e. The molecule has 3 fully saturated rings. The lowest BCUT2D eigenvalue weighted by Crippen LogP contribution is -2.79. The Hall–Kier alpha value is -3.76. The van der Waals surface area contributed by atoms with Crippen LogP contribution in [-0.4, -0.2) is 90.4 Å². The lowest BCUT2D eigenvalue weighted by Gasteiger charge is -2.54. The molecule has 3 N–H and O–H groups in total. The van der Waals surface area contributed by atoms with Crippen LogP contribution in [0.15, 0.2) is 22.7 Å². The van der Waals surface area contributed by atoms with Crippen molar-refractivity contribution in [3.05, 3.63) is 46.2 Å². The van der Waals surface area contributed by atoms with Crippen LogP contribution in [0.4, 0.5) is 5.69 Å². The number of likely N-dealkylation sites (N-methyl/N-ethyl adjacent to an activating group) is 1. The molecule has 2 aromatic heterocycles. The van der Waals surface area contributed by atoms with Gasteiger partial charge in [0.1, 0.15) is 23.8 Å². The molecule has 3 aliphatic heterocycles. The number of nitrogens with zero attached hydrogens (tertiary/aromatic N) is 5. The molecule has 3 saturated heterocycles. The van der Waals surface area contributed by atoms with E-state index in [1.165, 1.54) is 0 Å². The topological polar surface area (TPSA) is 154 Å². The van der Waals surface area contributed by atoms with Crippen molar-refractivity contribution in [3.8, 4) is 29.3 Å². The lowest BCUT2D eigenvalue weighted by molar-refractivity contribution is -0.165. The first-order valence-corrected chi connectivity index (χ1v) is 16.0. The number of ether oxygens (including phenoxy) is 4. The zero-order chi connectivity index (χ0) is 30.9. The zero-order valence-corrected chi connectivity index (χ0v) is 26.0. The normalized spacial score (nSPS) is 28.6. The summed E-state index contributed by atoms with van der Waals surface area (Å²) in [7, 11) is 3.85. The van der Waals surface area contributed by atoms with Gasteiger partial charge in [-0.15, -0.1) is 0 Å². The second-order valence-electron chi connectivity index (χ2n) is 13.3. The van der Waals surface area contributed by atoms with Crippen molar-refractivity contribution < 1.29 is 23.5 Å². The third-order valence-corrected chi connectivity index (χ3v) is 10.9. The molecule has 0 amide bonds. The highest BCUT2D eigenvalue weighted by atomic mass is 16.5. The van der Waals surface area contributed by atoms with Gasteiger partial charge in [-0.3, -0.25) is 4.90 Å². The summed E-state index contributed by atoms with van der Waals surface area (Å²) in [6, 6.07) is 8.11. The van der Waals surface area contributed by atoms with Crippen LogP contribution in [0.2, 0.25) is 0 Å². The van der Waals surface area contributed by atoms with Gasteiger partial charge < -0.3 is 34.5 Å². The highest BCUT2D eigenvalue weighted by Crippen LogP contribution is 2.54. The van der Waals surface area contributed by atoms with Crippen LogP contribution < -0.4 is 20.5 Å². The molecular weight excluding hydrogens is 574 g/mol. The Morgan fingerprint density at radius 2 is 2.04 bits per heavy atom. The summed E-state index contributed by atoms with van der Waals surface area (Å²) in [6.07, 6.45) is 4.99. The van der Waals surface area contributed by atoms with Gasteiger partial charge in [0.25, 0.3) is 0 Å². The van der Waals surface area contributed by atoms with Gasteiger partial charge in [-0.05, 0) is 69.7 Å². The standard InChI is InChI=1S/C33H39N7O5/c1-18(29-23(41-3)9-12-40(29)2)43-25-13-26(44-24-15-36-33(24)16-42-17-33)38-31(37-25)28-20-5-4-10-32(30(20)45-39-28)11-8-19-6-7-22(35)21(14-34)27(19)32/h6-7,13,18,23-24,29,36H,4-5,8-12,15-17,35H2,1-3H3. The van der Waals surface area contributed by atoms with Crippen molar-refractivity contribution >= 4 is 5.69 Å². The van der Waals surface area contributed by atoms with Crippen molar-refractivity contribution in [3.63, 3.8) is 0 Å². The molecule has 2 aliphatic carbocycles. The average molecular weight is 614 g/mol. The van der Waals surface area contributed by atoms with E-state index in [-0.39, 0.29) is 29.9 Å². The fraction of sp³-hybridized carbons (Fsp3) is 0.576. The summed E-state index contributed by atoms with van der Waals surface area (Å²) in [5, 5.41) is 18.2. The number of rotatable bonds is 7. The number of methoxy groups -OCH3 is 1. The van der Waals surface area contributed by atoms with Gasteiger partial charge in [0.15, 0.2) is 17.3 Å². The van der Waals surface area contributed by atoms with Crippen LogP contribution in [0.3, 0.4) is 0 Å². The second-order valence-corrected chi connectivity index (χ2v) is 13.3. The van der Waals surface area contributed by atoms with Crippen molar-refractivity contribution in [1.29, 1.82) is 5.26 Å². The van der Waals surface area contributed by atoms with Gasteiger partial charge >= 0.3 is 0 Å². The predicted molar refractivity (Wildman–Crippen MR) is 163 cm³/mol. The molecule has 0 radical (unpaired) electrons. The van der Waals surface area contributed by atoms with Crippen molar-refractivity contribution in [1.82, 2.24) is 25.3 Å². The molecule has 5 atom stereocenters. The van der Waals surface area contributed by atoms with E-state index in [2.05, 4.69) is 35.4 Å². The molecular formula is C33H39N7O5. The third kappa shape index (κ3) is 4.35. The fourth-order valence-electron chi connectivity index (χ4n) is 8.39. The molecule has 0 bridgehead atoms. The minimum Gasteiger partial charge on any atom is -0.473 e. The number of likely N-dealkylation sites (tertiary alicyclic amines) is 1. The van der Waals surface area contributed by atoms with Gasteiger partial charge in [-0.2, -0.15) is 15.2 Å². The van der Waals surface area contributed by atoms with Crippen LogP contribution in [0.5, 0.6) is 11.8 Å². The molecule has 0 saturated carbocycles. The molecule has 12 nitrogen and oxygen atoms in total. The Kier molecular flexibility index (Phi) is 6.80. The van der Waals surface area contributed by atoms with Crippen LogP contribution in [-0.2, 0) is 27.7 Å². The van der Waals surface area contributed by atoms with Crippen LogP contribution in [0.25, 0.3) is 11.5 Å². The third-order valence-electron chi connectivity index (χ3n) is 10.9. The number of hydrogen-bond donors (Lipinski definition) is 2. The number of nitriles is 1. The molecule has 5 aliphatic rings. The van der Waals surface area contributed by atoms with Gasteiger partial charge in [0.2, 0.25) is 11.8 Å². The number of nitrogens with two attached hydrogens (primary N) is 1.